The number of fused-ring (bicyclic) bond motifs is 1. The van der Waals surface area contributed by atoms with Gasteiger partial charge >= 0.3 is 5.97 Å². The molecule has 158 valence electrons. The molecule has 0 radical (unpaired) electrons. The highest BCUT2D eigenvalue weighted by atomic mass is 19.1. The number of nitrogens with zero attached hydrogens (tertiary/aromatic N) is 2. The molecule has 1 unspecified atom stereocenters. The number of hydrogen-bond acceptors (Lipinski definition) is 6. The predicted octanol–water partition coefficient (Wildman–Crippen LogP) is 2.40. The van der Waals surface area contributed by atoms with Crippen molar-refractivity contribution in [3.05, 3.63) is 42.2 Å². The average molecular weight is 415 g/mol. The van der Waals surface area contributed by atoms with E-state index in [-0.39, 0.29) is 12.8 Å². The van der Waals surface area contributed by atoms with E-state index in [1.165, 1.54) is 0 Å². The number of carbonyl (C=O) groups excluding carboxylic acids is 2. The third-order valence-corrected chi connectivity index (χ3v) is 5.00. The van der Waals surface area contributed by atoms with Crippen molar-refractivity contribution in [3.8, 4) is 0 Å². The van der Waals surface area contributed by atoms with Crippen LogP contribution in [0.15, 0.2) is 41.7 Å². The number of benzene rings is 1. The smallest absolute Gasteiger partial charge is 0.305 e. The third-order valence-electron chi connectivity index (χ3n) is 5.00. The quantitative estimate of drug-likeness (QED) is 0.649. The Kier molecular flexibility index (Phi) is 6.39. The topological polar surface area (TPSA) is 118 Å². The van der Waals surface area contributed by atoms with Crippen molar-refractivity contribution in [2.75, 3.05) is 6.67 Å². The van der Waals surface area contributed by atoms with Crippen molar-refractivity contribution in [1.82, 2.24) is 10.3 Å². The van der Waals surface area contributed by atoms with Gasteiger partial charge in [-0.2, -0.15) is 0 Å². The summed E-state index contributed by atoms with van der Waals surface area (Å²) < 4.78 is 12.8. The molecule has 0 fully saturated rings. The molecule has 0 saturated carbocycles. The van der Waals surface area contributed by atoms with Gasteiger partial charge in [0, 0.05) is 18.0 Å². The van der Waals surface area contributed by atoms with Crippen LogP contribution in [0.3, 0.4) is 0 Å². The molecule has 0 aliphatic carbocycles. The van der Waals surface area contributed by atoms with Crippen LogP contribution < -0.4 is 5.32 Å². The number of oxime groups is 1. The molecule has 1 aliphatic heterocycles. The van der Waals surface area contributed by atoms with E-state index in [2.05, 4.69) is 15.5 Å². The van der Waals surface area contributed by atoms with Gasteiger partial charge in [-0.1, -0.05) is 42.8 Å². The molecule has 1 aromatic heterocycles. The van der Waals surface area contributed by atoms with E-state index >= 15 is 0 Å². The van der Waals surface area contributed by atoms with Gasteiger partial charge in [-0.15, -0.1) is 0 Å². The van der Waals surface area contributed by atoms with Gasteiger partial charge in [-0.25, -0.2) is 4.39 Å². The zero-order chi connectivity index (χ0) is 21.7. The van der Waals surface area contributed by atoms with Crippen molar-refractivity contribution >= 4 is 34.1 Å². The molecule has 2 aromatic rings. The van der Waals surface area contributed by atoms with Crippen LogP contribution in [-0.2, 0) is 19.2 Å². The van der Waals surface area contributed by atoms with Crippen LogP contribution in [0.5, 0.6) is 0 Å². The Morgan fingerprint density at radius 3 is 2.77 bits per heavy atom. The fourth-order valence-electron chi connectivity index (χ4n) is 3.53. The lowest BCUT2D eigenvalue weighted by molar-refractivity contribution is -0.148. The Hall–Kier alpha value is -3.36. The lowest BCUT2D eigenvalue weighted by Crippen LogP contribution is -2.53. The Labute approximate surface area is 172 Å². The normalized spacial score (nSPS) is 19.1. The summed E-state index contributed by atoms with van der Waals surface area (Å²) in [6.45, 7) is 0.482. The van der Waals surface area contributed by atoms with E-state index in [4.69, 9.17) is 9.94 Å². The van der Waals surface area contributed by atoms with Crippen LogP contribution in [0.1, 0.15) is 38.3 Å². The standard InChI is InChI=1S/C21H22FN3O5/c1-2-8-21(20(29)24-15(10-18(27)28)17(26)12-22)11-16(25-30-21)19-14-6-4-3-5-13(14)7-9-23-19/h3-7,9,15H,2,8,10-12H2,1H3,(H,24,29)(H,27,28)/t15?,21-/m1/s1. The number of rotatable bonds is 9. The molecule has 1 aliphatic rings. The molecule has 1 aromatic carbocycles. The van der Waals surface area contributed by atoms with Crippen LogP contribution >= 0.6 is 0 Å². The molecule has 0 bridgehead atoms. The van der Waals surface area contributed by atoms with Crippen molar-refractivity contribution in [3.63, 3.8) is 0 Å². The summed E-state index contributed by atoms with van der Waals surface area (Å²) in [5, 5.41) is 17.2. The van der Waals surface area contributed by atoms with Crippen LogP contribution in [0, 0.1) is 0 Å². The molecular weight excluding hydrogens is 393 g/mol. The lowest BCUT2D eigenvalue weighted by atomic mass is 9.89. The van der Waals surface area contributed by atoms with Crippen LogP contribution in [0.4, 0.5) is 4.39 Å². The van der Waals surface area contributed by atoms with Gasteiger partial charge in [0.1, 0.15) is 18.4 Å². The number of carbonyl (C=O) groups is 3. The number of aromatic nitrogens is 1. The van der Waals surface area contributed by atoms with Crippen molar-refractivity contribution in [2.45, 2.75) is 44.2 Å². The van der Waals surface area contributed by atoms with Crippen LogP contribution in [0.25, 0.3) is 10.8 Å². The minimum Gasteiger partial charge on any atom is -0.481 e. The zero-order valence-electron chi connectivity index (χ0n) is 16.4. The fraction of sp³-hybridized carbons (Fsp3) is 0.381. The highest BCUT2D eigenvalue weighted by molar-refractivity contribution is 6.12. The minimum absolute atomic E-state index is 0.0945. The van der Waals surface area contributed by atoms with Gasteiger partial charge in [-0.3, -0.25) is 19.4 Å². The Bertz CT molecular complexity index is 1000. The van der Waals surface area contributed by atoms with E-state index in [1.54, 1.807) is 6.20 Å². The van der Waals surface area contributed by atoms with Gasteiger partial charge in [0.15, 0.2) is 5.78 Å². The molecule has 1 amide bonds. The summed E-state index contributed by atoms with van der Waals surface area (Å²) in [6, 6.07) is 7.98. The Morgan fingerprint density at radius 2 is 2.07 bits per heavy atom. The highest BCUT2D eigenvalue weighted by Crippen LogP contribution is 2.33. The first-order chi connectivity index (χ1) is 14.4. The number of carboxylic acid groups (broad SMARTS) is 1. The van der Waals surface area contributed by atoms with E-state index in [0.29, 0.717) is 17.8 Å². The minimum atomic E-state index is -1.47. The molecule has 30 heavy (non-hydrogen) atoms. The number of nitrogens with one attached hydrogen (secondary N) is 1. The molecule has 3 rings (SSSR count). The first-order valence-electron chi connectivity index (χ1n) is 9.61. The Morgan fingerprint density at radius 1 is 1.30 bits per heavy atom. The molecule has 0 saturated heterocycles. The number of alkyl halides is 1. The fourth-order valence-corrected chi connectivity index (χ4v) is 3.53. The number of hydrogen-bond donors (Lipinski definition) is 2. The first-order valence-corrected chi connectivity index (χ1v) is 9.61. The second-order valence-electron chi connectivity index (χ2n) is 7.15. The molecule has 2 heterocycles. The second-order valence-corrected chi connectivity index (χ2v) is 7.15. The first kappa shape index (κ1) is 21.4. The van der Waals surface area contributed by atoms with E-state index in [0.717, 1.165) is 10.8 Å². The highest BCUT2D eigenvalue weighted by Gasteiger charge is 2.47. The average Bonchev–Trinajstić information content (AvgIpc) is 3.17. The largest absolute Gasteiger partial charge is 0.481 e. The predicted molar refractivity (Wildman–Crippen MR) is 107 cm³/mol. The molecule has 2 atom stereocenters. The number of ketones is 1. The lowest BCUT2D eigenvalue weighted by Gasteiger charge is -2.27. The maximum Gasteiger partial charge on any atom is 0.305 e. The van der Waals surface area contributed by atoms with Gasteiger partial charge in [0.05, 0.1) is 12.1 Å². The molecule has 9 heteroatoms. The number of halogens is 1. The number of carboxylic acids is 1. The van der Waals surface area contributed by atoms with Gasteiger partial charge in [0.25, 0.3) is 5.91 Å². The van der Waals surface area contributed by atoms with Crippen molar-refractivity contribution in [2.24, 2.45) is 5.16 Å². The van der Waals surface area contributed by atoms with E-state index < -0.39 is 42.4 Å². The van der Waals surface area contributed by atoms with E-state index in [1.807, 2.05) is 37.3 Å². The summed E-state index contributed by atoms with van der Waals surface area (Å²) in [5.74, 6) is -3.03. The van der Waals surface area contributed by atoms with Gasteiger partial charge in [0.2, 0.25) is 5.60 Å². The van der Waals surface area contributed by atoms with Gasteiger partial charge < -0.3 is 15.3 Å². The Balaban J connectivity index is 1.86. The maximum atomic E-state index is 13.0. The van der Waals surface area contributed by atoms with Gasteiger partial charge in [-0.05, 0) is 17.9 Å². The number of Topliss-reactive ketones (excluding diaryl/α,β-unsaturated/α-hetero) is 1. The molecule has 0 spiro atoms. The maximum absolute atomic E-state index is 13.0. The van der Waals surface area contributed by atoms with Crippen molar-refractivity contribution < 1.29 is 28.7 Å². The monoisotopic (exact) mass is 415 g/mol. The van der Waals surface area contributed by atoms with Crippen LogP contribution in [-0.4, -0.2) is 51.8 Å². The molecule has 8 nitrogen and oxygen atoms in total. The van der Waals surface area contributed by atoms with E-state index in [9.17, 15) is 18.8 Å². The summed E-state index contributed by atoms with van der Waals surface area (Å²) in [4.78, 5) is 45.7. The SMILES string of the molecule is CCC[C@]1(C(=O)NC(CC(=O)O)C(=O)CF)CC(c2nccc3ccccc23)=NO1. The zero-order valence-corrected chi connectivity index (χ0v) is 16.4. The number of aliphatic carboxylic acids is 1. The summed E-state index contributed by atoms with van der Waals surface area (Å²) in [7, 11) is 0. The summed E-state index contributed by atoms with van der Waals surface area (Å²) in [5.41, 5.74) is -0.362. The van der Waals surface area contributed by atoms with Crippen molar-refractivity contribution in [1.29, 1.82) is 0 Å². The number of pyridine rings is 1. The summed E-state index contributed by atoms with van der Waals surface area (Å²) >= 11 is 0. The molecular formula is C21H22FN3O5. The second kappa shape index (κ2) is 8.98. The van der Waals surface area contributed by atoms with Crippen LogP contribution in [0.2, 0.25) is 0 Å². The number of amides is 1. The summed E-state index contributed by atoms with van der Waals surface area (Å²) in [6.07, 6.45) is 1.87. The third kappa shape index (κ3) is 4.29. The molecule has 2 N–H and O–H groups in total.